The van der Waals surface area contributed by atoms with Crippen molar-refractivity contribution in [2.24, 2.45) is 17.3 Å². The van der Waals surface area contributed by atoms with E-state index in [1.165, 1.54) is 12.8 Å². The Bertz CT molecular complexity index is 772. The fraction of sp³-hybridized carbons (Fsp3) is 0.591. The number of carbonyl (C=O) groups is 1. The largest absolute Gasteiger partial charge is 0.490 e. The number of fused-ring (bicyclic) bond motifs is 1. The SMILES string of the molecule is C=Cc1cc(I)c(OCC(=O)OC23CC(C)CC4(CC4C2)C3)c(OCC)c1. The molecule has 0 amide bonds. The van der Waals surface area contributed by atoms with Crippen LogP contribution in [0.25, 0.3) is 6.08 Å². The molecule has 3 aliphatic rings. The molecule has 4 unspecified atom stereocenters. The molecule has 5 heteroatoms. The van der Waals surface area contributed by atoms with Crippen LogP contribution in [-0.4, -0.2) is 24.8 Å². The van der Waals surface area contributed by atoms with Gasteiger partial charge < -0.3 is 14.2 Å². The van der Waals surface area contributed by atoms with Gasteiger partial charge in [-0.3, -0.25) is 0 Å². The number of hydrogen-bond donors (Lipinski definition) is 0. The van der Waals surface area contributed by atoms with Crippen molar-refractivity contribution in [3.8, 4) is 11.5 Å². The van der Waals surface area contributed by atoms with Gasteiger partial charge in [0.15, 0.2) is 18.1 Å². The van der Waals surface area contributed by atoms with Crippen LogP contribution in [-0.2, 0) is 9.53 Å². The van der Waals surface area contributed by atoms with E-state index < -0.39 is 0 Å². The topological polar surface area (TPSA) is 44.8 Å². The van der Waals surface area contributed by atoms with Crippen LogP contribution in [0.1, 0.15) is 51.5 Å². The lowest BCUT2D eigenvalue weighted by atomic mass is 9.74. The van der Waals surface area contributed by atoms with Gasteiger partial charge >= 0.3 is 5.97 Å². The maximum absolute atomic E-state index is 12.6. The van der Waals surface area contributed by atoms with Crippen molar-refractivity contribution < 1.29 is 19.0 Å². The number of rotatable bonds is 7. The van der Waals surface area contributed by atoms with Crippen molar-refractivity contribution in [3.63, 3.8) is 0 Å². The lowest BCUT2D eigenvalue weighted by molar-refractivity contribution is -0.167. The van der Waals surface area contributed by atoms with Gasteiger partial charge in [0.1, 0.15) is 5.60 Å². The minimum absolute atomic E-state index is 0.0860. The van der Waals surface area contributed by atoms with Gasteiger partial charge in [0.2, 0.25) is 0 Å². The molecule has 1 spiro atoms. The predicted octanol–water partition coefficient (Wildman–Crippen LogP) is 5.22. The number of halogens is 1. The van der Waals surface area contributed by atoms with Crippen LogP contribution in [0, 0.1) is 20.8 Å². The van der Waals surface area contributed by atoms with E-state index in [1.54, 1.807) is 6.08 Å². The summed E-state index contributed by atoms with van der Waals surface area (Å²) in [5.41, 5.74) is 1.20. The quantitative estimate of drug-likeness (QED) is 0.395. The Morgan fingerprint density at radius 3 is 2.85 bits per heavy atom. The highest BCUT2D eigenvalue weighted by Crippen LogP contribution is 2.73. The third-order valence-corrected chi connectivity index (χ3v) is 7.16. The molecule has 1 aromatic rings. The normalized spacial score (nSPS) is 33.1. The van der Waals surface area contributed by atoms with Crippen LogP contribution in [0.2, 0.25) is 0 Å². The van der Waals surface area contributed by atoms with E-state index >= 15 is 0 Å². The smallest absolute Gasteiger partial charge is 0.344 e. The Hall–Kier alpha value is -1.24. The fourth-order valence-electron chi connectivity index (χ4n) is 5.61. The molecule has 0 N–H and O–H groups in total. The molecule has 0 heterocycles. The first-order valence-corrected chi connectivity index (χ1v) is 10.9. The molecule has 0 saturated heterocycles. The Kier molecular flexibility index (Phi) is 4.93. The van der Waals surface area contributed by atoms with E-state index in [2.05, 4.69) is 36.1 Å². The van der Waals surface area contributed by atoms with Crippen LogP contribution in [0.5, 0.6) is 11.5 Å². The molecule has 0 aromatic heterocycles. The van der Waals surface area contributed by atoms with Gasteiger partial charge in [-0.05, 0) is 96.6 Å². The second-order valence-electron chi connectivity index (χ2n) is 8.57. The minimum Gasteiger partial charge on any atom is -0.490 e. The third-order valence-electron chi connectivity index (χ3n) is 6.36. The molecule has 1 aromatic carbocycles. The Morgan fingerprint density at radius 1 is 1.30 bits per heavy atom. The summed E-state index contributed by atoms with van der Waals surface area (Å²) in [6.45, 7) is 8.47. The van der Waals surface area contributed by atoms with Gasteiger partial charge in [-0.15, -0.1) is 0 Å². The molecule has 0 radical (unpaired) electrons. The minimum atomic E-state index is -0.272. The average molecular weight is 482 g/mol. The maximum atomic E-state index is 12.6. The highest BCUT2D eigenvalue weighted by atomic mass is 127. The summed E-state index contributed by atoms with van der Waals surface area (Å²) in [4.78, 5) is 12.6. The van der Waals surface area contributed by atoms with Gasteiger partial charge in [-0.25, -0.2) is 4.79 Å². The second kappa shape index (κ2) is 6.98. The molecule has 4 nitrogen and oxygen atoms in total. The highest BCUT2D eigenvalue weighted by Gasteiger charge is 2.69. The first kappa shape index (κ1) is 19.1. The van der Waals surface area contributed by atoms with Crippen molar-refractivity contribution in [1.82, 2.24) is 0 Å². The monoisotopic (exact) mass is 482 g/mol. The van der Waals surface area contributed by atoms with Crippen molar-refractivity contribution in [1.29, 1.82) is 0 Å². The molecule has 146 valence electrons. The molecule has 0 aliphatic heterocycles. The molecule has 3 aliphatic carbocycles. The molecule has 2 bridgehead atoms. The first-order chi connectivity index (χ1) is 12.9. The van der Waals surface area contributed by atoms with Gasteiger partial charge in [0, 0.05) is 0 Å². The van der Waals surface area contributed by atoms with E-state index in [0.29, 0.717) is 29.4 Å². The Morgan fingerprint density at radius 2 is 2.11 bits per heavy atom. The first-order valence-electron chi connectivity index (χ1n) is 9.82. The highest BCUT2D eigenvalue weighted by molar-refractivity contribution is 14.1. The van der Waals surface area contributed by atoms with Crippen molar-refractivity contribution >= 4 is 34.6 Å². The van der Waals surface area contributed by atoms with Crippen molar-refractivity contribution in [3.05, 3.63) is 27.8 Å². The molecule has 4 rings (SSSR count). The molecule has 27 heavy (non-hydrogen) atoms. The number of ether oxygens (including phenoxy) is 3. The van der Waals surface area contributed by atoms with E-state index in [4.69, 9.17) is 14.2 Å². The van der Waals surface area contributed by atoms with Gasteiger partial charge in [0.05, 0.1) is 10.2 Å². The molecule has 3 saturated carbocycles. The van der Waals surface area contributed by atoms with Crippen LogP contribution in [0.15, 0.2) is 18.7 Å². The molecule has 4 atom stereocenters. The number of carbonyl (C=O) groups excluding carboxylic acids is 1. The summed E-state index contributed by atoms with van der Waals surface area (Å²) in [5, 5.41) is 0. The van der Waals surface area contributed by atoms with E-state index in [0.717, 1.165) is 34.3 Å². The van der Waals surface area contributed by atoms with Gasteiger partial charge in [-0.1, -0.05) is 19.6 Å². The lowest BCUT2D eigenvalue weighted by Gasteiger charge is -2.39. The molecular weight excluding hydrogens is 455 g/mol. The predicted molar refractivity (Wildman–Crippen MR) is 113 cm³/mol. The van der Waals surface area contributed by atoms with Crippen LogP contribution in [0.3, 0.4) is 0 Å². The van der Waals surface area contributed by atoms with Crippen molar-refractivity contribution in [2.75, 3.05) is 13.2 Å². The van der Waals surface area contributed by atoms with E-state index in [9.17, 15) is 4.79 Å². The van der Waals surface area contributed by atoms with Crippen LogP contribution in [0.4, 0.5) is 0 Å². The summed E-state index contributed by atoms with van der Waals surface area (Å²) in [7, 11) is 0. The van der Waals surface area contributed by atoms with Gasteiger partial charge in [0.25, 0.3) is 0 Å². The summed E-state index contributed by atoms with van der Waals surface area (Å²) in [6.07, 6.45) is 7.49. The van der Waals surface area contributed by atoms with E-state index in [-0.39, 0.29) is 18.2 Å². The fourth-order valence-corrected chi connectivity index (χ4v) is 6.39. The summed E-state index contributed by atoms with van der Waals surface area (Å²) < 4.78 is 18.5. The number of esters is 1. The second-order valence-corrected chi connectivity index (χ2v) is 9.73. The maximum Gasteiger partial charge on any atom is 0.344 e. The number of hydrogen-bond acceptors (Lipinski definition) is 4. The van der Waals surface area contributed by atoms with E-state index in [1.807, 2.05) is 19.1 Å². The molecular formula is C22H27IO4. The summed E-state index contributed by atoms with van der Waals surface area (Å²) in [6, 6.07) is 3.85. The summed E-state index contributed by atoms with van der Waals surface area (Å²) in [5.74, 6) is 2.37. The van der Waals surface area contributed by atoms with Crippen LogP contribution < -0.4 is 9.47 Å². The summed E-state index contributed by atoms with van der Waals surface area (Å²) >= 11 is 2.20. The van der Waals surface area contributed by atoms with Gasteiger partial charge in [-0.2, -0.15) is 0 Å². The van der Waals surface area contributed by atoms with Crippen molar-refractivity contribution in [2.45, 2.75) is 51.6 Å². The zero-order valence-corrected chi connectivity index (χ0v) is 18.2. The standard InChI is InChI=1S/C22H27IO4/c1-4-15-6-17(23)20(18(7-15)25-5-2)26-12-19(24)27-22-9-14(3)8-21(13-22)10-16(21)11-22/h4,6-7,14,16H,1,5,8-13H2,2-3H3. The van der Waals surface area contributed by atoms with Crippen LogP contribution >= 0.6 is 22.6 Å². The average Bonchev–Trinajstić information content (AvgIpc) is 3.15. The zero-order chi connectivity index (χ0) is 19.2. The lowest BCUT2D eigenvalue weighted by Crippen LogP contribution is -2.40. The number of benzene rings is 1. The molecule has 3 fully saturated rings. The third kappa shape index (κ3) is 3.59. The zero-order valence-electron chi connectivity index (χ0n) is 16.1. The Balaban J connectivity index is 1.42. The Labute approximate surface area is 174 Å².